The summed E-state index contributed by atoms with van der Waals surface area (Å²) in [5, 5.41) is 3.42. The number of hydrogen-bond donors (Lipinski definition) is 2. The summed E-state index contributed by atoms with van der Waals surface area (Å²) in [6.07, 6.45) is 4.03. The van der Waals surface area contributed by atoms with E-state index in [-0.39, 0.29) is 11.4 Å². The first-order valence-electron chi connectivity index (χ1n) is 5.55. The van der Waals surface area contributed by atoms with Gasteiger partial charge < -0.3 is 15.0 Å². The number of imidazole rings is 1. The summed E-state index contributed by atoms with van der Waals surface area (Å²) in [6, 6.07) is 0. The Morgan fingerprint density at radius 1 is 1.53 bits per heavy atom. The van der Waals surface area contributed by atoms with Gasteiger partial charge in [-0.25, -0.2) is 4.98 Å². The fraction of sp³-hybridized carbons (Fsp3) is 0.500. The lowest BCUT2D eigenvalue weighted by Gasteiger charge is -2.11. The van der Waals surface area contributed by atoms with Crippen LogP contribution in [-0.2, 0) is 4.74 Å². The number of aromatic amines is 1. The van der Waals surface area contributed by atoms with Crippen LogP contribution in [0.4, 0.5) is 5.82 Å². The normalized spacial score (nSPS) is 19.9. The minimum absolute atomic E-state index is 0.194. The van der Waals surface area contributed by atoms with Crippen molar-refractivity contribution in [1.29, 1.82) is 0 Å². The van der Waals surface area contributed by atoms with Gasteiger partial charge in [0, 0.05) is 13.2 Å². The zero-order valence-electron chi connectivity index (χ0n) is 9.11. The Balaban J connectivity index is 1.81. The number of H-pyrrole nitrogens is 1. The topological polar surface area (TPSA) is 75.7 Å². The van der Waals surface area contributed by atoms with Gasteiger partial charge in [0.15, 0.2) is 11.5 Å². The molecule has 1 saturated heterocycles. The highest BCUT2D eigenvalue weighted by Crippen LogP contribution is 2.19. The highest BCUT2D eigenvalue weighted by Gasteiger charge is 2.16. The molecule has 17 heavy (non-hydrogen) atoms. The van der Waals surface area contributed by atoms with Crippen molar-refractivity contribution in [3.05, 3.63) is 11.6 Å². The number of fused-ring (bicyclic) bond motifs is 1. The zero-order valence-corrected chi connectivity index (χ0v) is 9.87. The Hall–Kier alpha value is -1.40. The van der Waals surface area contributed by atoms with E-state index in [2.05, 4.69) is 25.3 Å². The third-order valence-electron chi connectivity index (χ3n) is 2.78. The lowest BCUT2D eigenvalue weighted by atomic mass is 10.2. The summed E-state index contributed by atoms with van der Waals surface area (Å²) in [6.45, 7) is 1.57. The van der Waals surface area contributed by atoms with Crippen LogP contribution in [-0.4, -0.2) is 39.2 Å². The van der Waals surface area contributed by atoms with Crippen LogP contribution < -0.4 is 5.32 Å². The molecule has 7 heteroatoms. The van der Waals surface area contributed by atoms with Crippen LogP contribution in [0.2, 0.25) is 5.28 Å². The Kier molecular flexibility index (Phi) is 2.82. The number of nitrogens with zero attached hydrogens (tertiary/aromatic N) is 3. The predicted octanol–water partition coefficient (Wildman–Crippen LogP) is 1.60. The quantitative estimate of drug-likeness (QED) is 0.813. The van der Waals surface area contributed by atoms with E-state index in [0.717, 1.165) is 31.5 Å². The SMILES string of the molecule is Clc1nc(NC[C@H]2CCCO2)c2[nH]cnc2n1. The van der Waals surface area contributed by atoms with Gasteiger partial charge in [0.25, 0.3) is 0 Å². The summed E-state index contributed by atoms with van der Waals surface area (Å²) in [7, 11) is 0. The van der Waals surface area contributed by atoms with Crippen molar-refractivity contribution >= 4 is 28.6 Å². The molecule has 0 bridgehead atoms. The molecule has 1 fully saturated rings. The Labute approximate surface area is 103 Å². The van der Waals surface area contributed by atoms with Crippen molar-refractivity contribution in [1.82, 2.24) is 19.9 Å². The maximum Gasteiger partial charge on any atom is 0.226 e. The van der Waals surface area contributed by atoms with Gasteiger partial charge >= 0.3 is 0 Å². The van der Waals surface area contributed by atoms with Gasteiger partial charge in [-0.1, -0.05) is 0 Å². The molecule has 2 N–H and O–H groups in total. The van der Waals surface area contributed by atoms with Gasteiger partial charge in [-0.15, -0.1) is 0 Å². The molecular weight excluding hydrogens is 242 g/mol. The van der Waals surface area contributed by atoms with Crippen LogP contribution in [0.15, 0.2) is 6.33 Å². The Morgan fingerprint density at radius 2 is 2.47 bits per heavy atom. The summed E-state index contributed by atoms with van der Waals surface area (Å²) in [4.78, 5) is 15.2. The van der Waals surface area contributed by atoms with Gasteiger partial charge in [0.05, 0.1) is 12.4 Å². The lowest BCUT2D eigenvalue weighted by molar-refractivity contribution is 0.120. The third kappa shape index (κ3) is 2.18. The maximum atomic E-state index is 5.83. The van der Waals surface area contributed by atoms with Gasteiger partial charge in [-0.3, -0.25) is 0 Å². The number of rotatable bonds is 3. The van der Waals surface area contributed by atoms with Gasteiger partial charge in [-0.05, 0) is 24.4 Å². The first-order chi connectivity index (χ1) is 8.33. The van der Waals surface area contributed by atoms with E-state index in [1.807, 2.05) is 0 Å². The van der Waals surface area contributed by atoms with Crippen LogP contribution in [0.25, 0.3) is 11.2 Å². The maximum absolute atomic E-state index is 5.83. The van der Waals surface area contributed by atoms with Crippen LogP contribution in [0.1, 0.15) is 12.8 Å². The van der Waals surface area contributed by atoms with Crippen LogP contribution in [0.5, 0.6) is 0 Å². The smallest absolute Gasteiger partial charge is 0.226 e. The average molecular weight is 254 g/mol. The third-order valence-corrected chi connectivity index (χ3v) is 2.95. The second-order valence-corrected chi connectivity index (χ2v) is 4.30. The first-order valence-corrected chi connectivity index (χ1v) is 5.93. The van der Waals surface area contributed by atoms with E-state index in [0.29, 0.717) is 11.5 Å². The molecule has 3 rings (SSSR count). The molecule has 1 aliphatic rings. The van der Waals surface area contributed by atoms with Gasteiger partial charge in [0.2, 0.25) is 5.28 Å². The minimum Gasteiger partial charge on any atom is -0.376 e. The minimum atomic E-state index is 0.194. The van der Waals surface area contributed by atoms with E-state index >= 15 is 0 Å². The number of nitrogens with one attached hydrogen (secondary N) is 2. The number of ether oxygens (including phenoxy) is 1. The van der Waals surface area contributed by atoms with E-state index in [9.17, 15) is 0 Å². The predicted molar refractivity (Wildman–Crippen MR) is 64.2 cm³/mol. The molecule has 0 spiro atoms. The molecule has 0 radical (unpaired) electrons. The monoisotopic (exact) mass is 253 g/mol. The van der Waals surface area contributed by atoms with Crippen LogP contribution in [0.3, 0.4) is 0 Å². The average Bonchev–Trinajstić information content (AvgIpc) is 2.95. The highest BCUT2D eigenvalue weighted by atomic mass is 35.5. The number of aromatic nitrogens is 4. The standard InChI is InChI=1S/C10H12ClN5O/c11-10-15-8(7-9(16-10)14-5-13-7)12-4-6-2-1-3-17-6/h5-6H,1-4H2,(H2,12,13,14,15,16)/t6-/m1/s1. The summed E-state index contributed by atoms with van der Waals surface area (Å²) in [5.74, 6) is 0.674. The molecular formula is C10H12ClN5O. The zero-order chi connectivity index (χ0) is 11.7. The number of anilines is 1. The summed E-state index contributed by atoms with van der Waals surface area (Å²) >= 11 is 5.83. The largest absolute Gasteiger partial charge is 0.376 e. The number of hydrogen-bond acceptors (Lipinski definition) is 5. The first kappa shape index (κ1) is 10.7. The van der Waals surface area contributed by atoms with Gasteiger partial charge in [0.1, 0.15) is 5.52 Å². The van der Waals surface area contributed by atoms with E-state index < -0.39 is 0 Å². The van der Waals surface area contributed by atoms with E-state index in [1.165, 1.54) is 0 Å². The molecule has 90 valence electrons. The molecule has 0 unspecified atom stereocenters. The highest BCUT2D eigenvalue weighted by molar-refractivity contribution is 6.28. The molecule has 6 nitrogen and oxygen atoms in total. The molecule has 2 aromatic heterocycles. The van der Waals surface area contributed by atoms with E-state index in [1.54, 1.807) is 6.33 Å². The molecule has 2 aromatic rings. The van der Waals surface area contributed by atoms with Crippen molar-refractivity contribution in [3.63, 3.8) is 0 Å². The van der Waals surface area contributed by atoms with Gasteiger partial charge in [-0.2, -0.15) is 9.97 Å². The van der Waals surface area contributed by atoms with E-state index in [4.69, 9.17) is 16.3 Å². The molecule has 1 atom stereocenters. The summed E-state index contributed by atoms with van der Waals surface area (Å²) < 4.78 is 5.53. The molecule has 0 saturated carbocycles. The molecule has 0 aromatic carbocycles. The van der Waals surface area contributed by atoms with Crippen molar-refractivity contribution in [2.24, 2.45) is 0 Å². The lowest BCUT2D eigenvalue weighted by Crippen LogP contribution is -2.19. The van der Waals surface area contributed by atoms with Crippen LogP contribution in [0, 0.1) is 0 Å². The molecule has 1 aliphatic heterocycles. The molecule has 3 heterocycles. The molecule has 0 amide bonds. The number of halogens is 1. The fourth-order valence-electron chi connectivity index (χ4n) is 1.95. The van der Waals surface area contributed by atoms with Crippen molar-refractivity contribution in [2.75, 3.05) is 18.5 Å². The Morgan fingerprint density at radius 3 is 3.29 bits per heavy atom. The van der Waals surface area contributed by atoms with Crippen molar-refractivity contribution in [2.45, 2.75) is 18.9 Å². The molecule has 0 aliphatic carbocycles. The van der Waals surface area contributed by atoms with Crippen molar-refractivity contribution in [3.8, 4) is 0 Å². The fourth-order valence-corrected chi connectivity index (χ4v) is 2.11. The Bertz CT molecular complexity index is 522. The van der Waals surface area contributed by atoms with Crippen molar-refractivity contribution < 1.29 is 4.74 Å². The van der Waals surface area contributed by atoms with Crippen LogP contribution >= 0.6 is 11.6 Å². The second kappa shape index (κ2) is 4.46. The summed E-state index contributed by atoms with van der Waals surface area (Å²) in [5.41, 5.74) is 1.34. The second-order valence-electron chi connectivity index (χ2n) is 3.96.